The summed E-state index contributed by atoms with van der Waals surface area (Å²) in [5.74, 6) is -2.33. The average molecular weight is 448 g/mol. The van der Waals surface area contributed by atoms with E-state index in [1.807, 2.05) is 56.3 Å². The van der Waals surface area contributed by atoms with Gasteiger partial charge >= 0.3 is 11.9 Å². The van der Waals surface area contributed by atoms with Crippen LogP contribution in [0.5, 0.6) is 0 Å². The highest BCUT2D eigenvalue weighted by atomic mass is 79.9. The van der Waals surface area contributed by atoms with Gasteiger partial charge in [0, 0.05) is 10.2 Å². The number of aryl methyl sites for hydroxylation is 2. The lowest BCUT2D eigenvalue weighted by molar-refractivity contribution is -0.162. The molecule has 1 atom stereocenters. The smallest absolute Gasteiger partial charge is 0.322 e. The lowest BCUT2D eigenvalue weighted by Gasteiger charge is -2.27. The van der Waals surface area contributed by atoms with Crippen LogP contribution in [0.4, 0.5) is 5.69 Å². The minimum absolute atomic E-state index is 0.187. The van der Waals surface area contributed by atoms with Gasteiger partial charge in [0.15, 0.2) is 5.92 Å². The zero-order valence-electron chi connectivity index (χ0n) is 16.6. The Hall–Kier alpha value is -2.34. The molecule has 0 saturated carbocycles. The summed E-state index contributed by atoms with van der Waals surface area (Å²) in [7, 11) is 0. The molecule has 6 heteroatoms. The monoisotopic (exact) mass is 447 g/mol. The van der Waals surface area contributed by atoms with Crippen molar-refractivity contribution in [3.63, 3.8) is 0 Å². The number of hydrogen-bond acceptors (Lipinski definition) is 5. The van der Waals surface area contributed by atoms with E-state index < -0.39 is 23.9 Å². The van der Waals surface area contributed by atoms with Crippen LogP contribution in [-0.2, 0) is 19.1 Å². The molecule has 0 amide bonds. The van der Waals surface area contributed by atoms with Crippen LogP contribution in [0.25, 0.3) is 0 Å². The highest BCUT2D eigenvalue weighted by molar-refractivity contribution is 9.10. The Bertz CT molecular complexity index is 802. The topological polar surface area (TPSA) is 64.6 Å². The van der Waals surface area contributed by atoms with Crippen molar-refractivity contribution in [3.8, 4) is 0 Å². The third-order valence-corrected chi connectivity index (χ3v) is 5.00. The maximum atomic E-state index is 12.7. The van der Waals surface area contributed by atoms with Gasteiger partial charge in [0.1, 0.15) is 0 Å². The van der Waals surface area contributed by atoms with E-state index in [4.69, 9.17) is 9.47 Å². The van der Waals surface area contributed by atoms with Crippen LogP contribution in [-0.4, -0.2) is 25.2 Å². The van der Waals surface area contributed by atoms with Gasteiger partial charge in [-0.1, -0.05) is 34.1 Å². The predicted octanol–water partition coefficient (Wildman–Crippen LogP) is 4.96. The van der Waals surface area contributed by atoms with Gasteiger partial charge in [-0.3, -0.25) is 9.59 Å². The van der Waals surface area contributed by atoms with Crippen LogP contribution >= 0.6 is 15.9 Å². The Morgan fingerprint density at radius 3 is 2.00 bits per heavy atom. The fraction of sp³-hybridized carbons (Fsp3) is 0.364. The molecule has 0 spiro atoms. The highest BCUT2D eigenvalue weighted by Gasteiger charge is 2.38. The third kappa shape index (κ3) is 5.58. The van der Waals surface area contributed by atoms with Crippen LogP contribution in [0.15, 0.2) is 46.9 Å². The fourth-order valence-electron chi connectivity index (χ4n) is 2.88. The van der Waals surface area contributed by atoms with Gasteiger partial charge in [-0.2, -0.15) is 0 Å². The molecule has 0 radical (unpaired) electrons. The standard InChI is InChI=1S/C22H26BrNO4/c1-5-27-21(25)19(22(26)28-6-2)20(16-8-7-14(3)15(4)13-16)24-18-11-9-17(23)10-12-18/h7-13,19-20,24H,5-6H2,1-4H3. The number of benzene rings is 2. The molecule has 150 valence electrons. The molecule has 0 aliphatic rings. The second kappa shape index (κ2) is 10.3. The third-order valence-electron chi connectivity index (χ3n) is 4.47. The van der Waals surface area contributed by atoms with Crippen molar-refractivity contribution in [1.29, 1.82) is 0 Å². The number of carbonyl (C=O) groups excluding carboxylic acids is 2. The molecular formula is C22H26BrNO4. The normalized spacial score (nSPS) is 11.8. The van der Waals surface area contributed by atoms with Gasteiger partial charge in [0.2, 0.25) is 0 Å². The molecule has 28 heavy (non-hydrogen) atoms. The lowest BCUT2D eigenvalue weighted by Crippen LogP contribution is -2.36. The predicted molar refractivity (Wildman–Crippen MR) is 113 cm³/mol. The van der Waals surface area contributed by atoms with Crippen molar-refractivity contribution in [3.05, 3.63) is 63.6 Å². The molecule has 0 aromatic heterocycles. The van der Waals surface area contributed by atoms with E-state index in [1.54, 1.807) is 13.8 Å². The number of esters is 2. The van der Waals surface area contributed by atoms with E-state index in [-0.39, 0.29) is 13.2 Å². The largest absolute Gasteiger partial charge is 0.465 e. The average Bonchev–Trinajstić information content (AvgIpc) is 2.65. The van der Waals surface area contributed by atoms with Gasteiger partial charge in [-0.25, -0.2) is 0 Å². The molecule has 5 nitrogen and oxygen atoms in total. The first-order chi connectivity index (χ1) is 13.4. The molecule has 0 bridgehead atoms. The van der Waals surface area contributed by atoms with E-state index >= 15 is 0 Å². The Kier molecular flexibility index (Phi) is 8.05. The molecule has 0 heterocycles. The van der Waals surface area contributed by atoms with E-state index in [9.17, 15) is 9.59 Å². The molecule has 2 aromatic rings. The number of hydrogen-bond donors (Lipinski definition) is 1. The van der Waals surface area contributed by atoms with Crippen molar-refractivity contribution in [2.45, 2.75) is 33.7 Å². The zero-order valence-corrected chi connectivity index (χ0v) is 18.2. The summed E-state index contributed by atoms with van der Waals surface area (Å²) in [4.78, 5) is 25.4. The van der Waals surface area contributed by atoms with E-state index in [2.05, 4.69) is 21.2 Å². The summed E-state index contributed by atoms with van der Waals surface area (Å²) >= 11 is 3.41. The first kappa shape index (κ1) is 22.0. The van der Waals surface area contributed by atoms with Crippen LogP contribution in [0, 0.1) is 19.8 Å². The molecule has 0 aliphatic heterocycles. The van der Waals surface area contributed by atoms with Crippen molar-refractivity contribution in [1.82, 2.24) is 0 Å². The molecule has 2 aromatic carbocycles. The van der Waals surface area contributed by atoms with Gasteiger partial charge in [0.05, 0.1) is 19.3 Å². The van der Waals surface area contributed by atoms with Crippen LogP contribution in [0.1, 0.15) is 36.6 Å². The van der Waals surface area contributed by atoms with Crippen molar-refractivity contribution < 1.29 is 19.1 Å². The van der Waals surface area contributed by atoms with Gasteiger partial charge in [-0.15, -0.1) is 0 Å². The van der Waals surface area contributed by atoms with Crippen molar-refractivity contribution >= 4 is 33.6 Å². The Labute approximate surface area is 174 Å². The lowest BCUT2D eigenvalue weighted by atomic mass is 9.90. The van der Waals surface area contributed by atoms with Gasteiger partial charge in [-0.05, 0) is 68.7 Å². The van der Waals surface area contributed by atoms with E-state index in [0.717, 1.165) is 26.9 Å². The maximum Gasteiger partial charge on any atom is 0.322 e. The minimum Gasteiger partial charge on any atom is -0.465 e. The number of anilines is 1. The second-order valence-electron chi connectivity index (χ2n) is 6.45. The minimum atomic E-state index is -1.12. The molecule has 1 unspecified atom stereocenters. The Morgan fingerprint density at radius 2 is 1.50 bits per heavy atom. The zero-order chi connectivity index (χ0) is 20.7. The molecule has 1 N–H and O–H groups in total. The maximum absolute atomic E-state index is 12.7. The van der Waals surface area contributed by atoms with Crippen LogP contribution in [0.3, 0.4) is 0 Å². The molecule has 0 saturated heterocycles. The molecule has 0 fully saturated rings. The quantitative estimate of drug-likeness (QED) is 0.457. The summed E-state index contributed by atoms with van der Waals surface area (Å²) in [6, 6.07) is 12.8. The Balaban J connectivity index is 2.51. The number of carbonyl (C=O) groups is 2. The molecule has 2 rings (SSSR count). The van der Waals surface area contributed by atoms with Crippen molar-refractivity contribution in [2.75, 3.05) is 18.5 Å². The fourth-order valence-corrected chi connectivity index (χ4v) is 3.14. The first-order valence-electron chi connectivity index (χ1n) is 9.29. The summed E-state index contributed by atoms with van der Waals surface area (Å²) in [5, 5.41) is 3.33. The SMILES string of the molecule is CCOC(=O)C(C(=O)OCC)C(Nc1ccc(Br)cc1)c1ccc(C)c(C)c1. The van der Waals surface area contributed by atoms with Crippen molar-refractivity contribution in [2.24, 2.45) is 5.92 Å². The summed E-state index contributed by atoms with van der Waals surface area (Å²) in [5.41, 5.74) is 3.81. The number of nitrogens with one attached hydrogen (secondary N) is 1. The van der Waals surface area contributed by atoms with Gasteiger partial charge < -0.3 is 14.8 Å². The highest BCUT2D eigenvalue weighted by Crippen LogP contribution is 2.31. The van der Waals surface area contributed by atoms with Gasteiger partial charge in [0.25, 0.3) is 0 Å². The summed E-state index contributed by atoms with van der Waals surface area (Å²) in [6.07, 6.45) is 0. The van der Waals surface area contributed by atoms with Crippen LogP contribution < -0.4 is 5.32 Å². The second-order valence-corrected chi connectivity index (χ2v) is 7.37. The molecule has 0 aliphatic carbocycles. The number of ether oxygens (including phenoxy) is 2. The van der Waals surface area contributed by atoms with E-state index in [0.29, 0.717) is 0 Å². The first-order valence-corrected chi connectivity index (χ1v) is 10.1. The van der Waals surface area contributed by atoms with Crippen LogP contribution in [0.2, 0.25) is 0 Å². The number of halogens is 1. The summed E-state index contributed by atoms with van der Waals surface area (Å²) < 4.78 is 11.3. The molecular weight excluding hydrogens is 422 g/mol. The number of rotatable bonds is 8. The summed E-state index contributed by atoms with van der Waals surface area (Å²) in [6.45, 7) is 7.82. The van der Waals surface area contributed by atoms with E-state index in [1.165, 1.54) is 0 Å². The Morgan fingerprint density at radius 1 is 0.929 bits per heavy atom.